The van der Waals surface area contributed by atoms with Crippen molar-refractivity contribution in [2.24, 2.45) is 5.92 Å². The fourth-order valence-corrected chi connectivity index (χ4v) is 2.84. The SMILES string of the molecule is CC.CCNC(CC1CCC(NC)CC1)C(=O)CC.[HH].[HH]. The van der Waals surface area contributed by atoms with Crippen LogP contribution >= 0.6 is 0 Å². The Morgan fingerprint density at radius 3 is 2.21 bits per heavy atom. The van der Waals surface area contributed by atoms with Gasteiger partial charge in [-0.1, -0.05) is 27.7 Å². The molecule has 19 heavy (non-hydrogen) atoms. The lowest BCUT2D eigenvalue weighted by molar-refractivity contribution is -0.121. The molecule has 118 valence electrons. The smallest absolute Gasteiger partial charge is 0.149 e. The van der Waals surface area contributed by atoms with E-state index in [2.05, 4.69) is 17.6 Å². The molecule has 0 spiro atoms. The Labute approximate surface area is 122 Å². The quantitative estimate of drug-likeness (QED) is 0.745. The lowest BCUT2D eigenvalue weighted by Gasteiger charge is -2.30. The number of nitrogens with one attached hydrogen (secondary N) is 2. The van der Waals surface area contributed by atoms with Gasteiger partial charge in [-0.15, -0.1) is 0 Å². The lowest BCUT2D eigenvalue weighted by Crippen LogP contribution is -2.39. The second-order valence-electron chi connectivity index (χ2n) is 5.17. The molecular formula is C16H38N2O. The summed E-state index contributed by atoms with van der Waals surface area (Å²) >= 11 is 0. The second-order valence-corrected chi connectivity index (χ2v) is 5.17. The first kappa shape index (κ1) is 18.6. The minimum atomic E-state index is 0. The van der Waals surface area contributed by atoms with Gasteiger partial charge in [-0.25, -0.2) is 0 Å². The largest absolute Gasteiger partial charge is 0.317 e. The maximum Gasteiger partial charge on any atom is 0.149 e. The highest BCUT2D eigenvalue weighted by molar-refractivity contribution is 5.83. The van der Waals surface area contributed by atoms with Crippen molar-refractivity contribution in [2.75, 3.05) is 13.6 Å². The molecule has 1 unspecified atom stereocenters. The summed E-state index contributed by atoms with van der Waals surface area (Å²) in [5, 5.41) is 6.69. The highest BCUT2D eigenvalue weighted by Gasteiger charge is 2.25. The van der Waals surface area contributed by atoms with Crippen LogP contribution < -0.4 is 10.6 Å². The van der Waals surface area contributed by atoms with E-state index in [9.17, 15) is 4.79 Å². The van der Waals surface area contributed by atoms with Crippen LogP contribution in [0.4, 0.5) is 0 Å². The van der Waals surface area contributed by atoms with Gasteiger partial charge in [-0.05, 0) is 51.6 Å². The minimum Gasteiger partial charge on any atom is -0.317 e. The minimum absolute atomic E-state index is 0. The highest BCUT2D eigenvalue weighted by atomic mass is 16.1. The molecule has 1 atom stereocenters. The van der Waals surface area contributed by atoms with E-state index in [-0.39, 0.29) is 8.90 Å². The number of hydrogen-bond donors (Lipinski definition) is 2. The van der Waals surface area contributed by atoms with E-state index in [1.807, 2.05) is 27.8 Å². The number of rotatable bonds is 7. The van der Waals surface area contributed by atoms with Gasteiger partial charge in [-0.3, -0.25) is 4.79 Å². The van der Waals surface area contributed by atoms with Crippen molar-refractivity contribution in [3.63, 3.8) is 0 Å². The van der Waals surface area contributed by atoms with Crippen LogP contribution in [0.2, 0.25) is 0 Å². The fourth-order valence-electron chi connectivity index (χ4n) is 2.84. The topological polar surface area (TPSA) is 41.1 Å². The molecule has 0 saturated heterocycles. The van der Waals surface area contributed by atoms with Crippen molar-refractivity contribution in [1.82, 2.24) is 10.6 Å². The van der Waals surface area contributed by atoms with E-state index in [4.69, 9.17) is 0 Å². The molecule has 0 aromatic carbocycles. The average Bonchev–Trinajstić information content (AvgIpc) is 2.48. The van der Waals surface area contributed by atoms with Crippen LogP contribution in [0.15, 0.2) is 0 Å². The first-order valence-electron chi connectivity index (χ1n) is 8.14. The van der Waals surface area contributed by atoms with Gasteiger partial charge in [0.25, 0.3) is 0 Å². The summed E-state index contributed by atoms with van der Waals surface area (Å²) in [5.74, 6) is 1.11. The lowest BCUT2D eigenvalue weighted by atomic mass is 9.81. The summed E-state index contributed by atoms with van der Waals surface area (Å²) in [5.41, 5.74) is 0. The van der Waals surface area contributed by atoms with Gasteiger partial charge in [0.05, 0.1) is 6.04 Å². The number of likely N-dealkylation sites (N-methyl/N-ethyl adjacent to an activating group) is 1. The molecule has 1 fully saturated rings. The molecule has 0 radical (unpaired) electrons. The van der Waals surface area contributed by atoms with Crippen LogP contribution in [0.25, 0.3) is 0 Å². The normalized spacial score (nSPS) is 24.3. The average molecular weight is 274 g/mol. The zero-order chi connectivity index (χ0) is 14.7. The Kier molecular flexibility index (Phi) is 11.2. The summed E-state index contributed by atoms with van der Waals surface area (Å²) in [6.45, 7) is 8.93. The Balaban J connectivity index is -0.000000774. The molecule has 0 aromatic rings. The van der Waals surface area contributed by atoms with E-state index < -0.39 is 0 Å². The van der Waals surface area contributed by atoms with E-state index in [1.165, 1.54) is 25.7 Å². The van der Waals surface area contributed by atoms with Crippen molar-refractivity contribution < 1.29 is 7.65 Å². The van der Waals surface area contributed by atoms with Crippen molar-refractivity contribution in [2.45, 2.75) is 78.3 Å². The van der Waals surface area contributed by atoms with Crippen molar-refractivity contribution in [3.05, 3.63) is 0 Å². The van der Waals surface area contributed by atoms with Crippen molar-refractivity contribution in [3.8, 4) is 0 Å². The third kappa shape index (κ3) is 7.07. The van der Waals surface area contributed by atoms with E-state index in [0.29, 0.717) is 18.2 Å². The van der Waals surface area contributed by atoms with Crippen LogP contribution in [-0.2, 0) is 4.79 Å². The van der Waals surface area contributed by atoms with Gasteiger partial charge in [-0.2, -0.15) is 0 Å². The Morgan fingerprint density at radius 2 is 1.79 bits per heavy atom. The van der Waals surface area contributed by atoms with Gasteiger partial charge in [0, 0.05) is 15.3 Å². The summed E-state index contributed by atoms with van der Waals surface area (Å²) in [4.78, 5) is 11.8. The third-order valence-corrected chi connectivity index (χ3v) is 4.01. The second kappa shape index (κ2) is 11.4. The molecule has 0 aromatic heterocycles. The molecule has 3 nitrogen and oxygen atoms in total. The molecule has 0 aliphatic heterocycles. The molecule has 3 heteroatoms. The molecule has 1 saturated carbocycles. The molecular weight excluding hydrogens is 236 g/mol. The Morgan fingerprint density at radius 1 is 1.21 bits per heavy atom. The number of Topliss-reactive ketones (excluding diaryl/α,β-unsaturated/α-hetero) is 1. The first-order valence-corrected chi connectivity index (χ1v) is 8.14. The van der Waals surface area contributed by atoms with Crippen LogP contribution in [0.5, 0.6) is 0 Å². The number of carbonyl (C=O) groups is 1. The third-order valence-electron chi connectivity index (χ3n) is 4.01. The molecule has 0 bridgehead atoms. The van der Waals surface area contributed by atoms with Crippen LogP contribution in [0.3, 0.4) is 0 Å². The summed E-state index contributed by atoms with van der Waals surface area (Å²) in [6, 6.07) is 0.798. The van der Waals surface area contributed by atoms with Crippen LogP contribution in [-0.4, -0.2) is 31.5 Å². The molecule has 1 rings (SSSR count). The van der Waals surface area contributed by atoms with Gasteiger partial charge in [0.15, 0.2) is 0 Å². The molecule has 2 N–H and O–H groups in total. The maximum atomic E-state index is 11.8. The highest BCUT2D eigenvalue weighted by Crippen LogP contribution is 2.28. The predicted octanol–water partition coefficient (Wildman–Crippen LogP) is 3.63. The van der Waals surface area contributed by atoms with E-state index in [0.717, 1.165) is 18.9 Å². The van der Waals surface area contributed by atoms with Gasteiger partial charge >= 0.3 is 0 Å². The van der Waals surface area contributed by atoms with Crippen molar-refractivity contribution in [1.29, 1.82) is 0 Å². The van der Waals surface area contributed by atoms with Gasteiger partial charge in [0.1, 0.15) is 5.78 Å². The van der Waals surface area contributed by atoms with Crippen molar-refractivity contribution >= 4 is 5.78 Å². The van der Waals surface area contributed by atoms with Gasteiger partial charge in [0.2, 0.25) is 0 Å². The Bertz CT molecular complexity index is 232. The summed E-state index contributed by atoms with van der Waals surface area (Å²) in [7, 11) is 2.05. The molecule has 1 aliphatic carbocycles. The standard InChI is InChI=1S/C14H28N2O.C2H6.2H2/c1-4-14(17)13(16-5-2)10-11-6-8-12(15-3)9-7-11;1-2;;/h11-13,15-16H,4-10H2,1-3H3;1-2H3;2*1H. The summed E-state index contributed by atoms with van der Waals surface area (Å²) < 4.78 is 0. The zero-order valence-corrected chi connectivity index (χ0v) is 13.6. The fraction of sp³-hybridized carbons (Fsp3) is 0.938. The number of carbonyl (C=O) groups excluding carboxylic acids is 1. The molecule has 1 aliphatic rings. The molecule has 0 heterocycles. The molecule has 0 amide bonds. The zero-order valence-electron chi connectivity index (χ0n) is 13.6. The number of ketones is 1. The Hall–Kier alpha value is -0.410. The van der Waals surface area contributed by atoms with Gasteiger partial charge < -0.3 is 10.6 Å². The van der Waals surface area contributed by atoms with Crippen LogP contribution in [0, 0.1) is 5.92 Å². The monoisotopic (exact) mass is 274 g/mol. The summed E-state index contributed by atoms with van der Waals surface area (Å²) in [6.07, 6.45) is 6.76. The maximum absolute atomic E-state index is 11.8. The van der Waals surface area contributed by atoms with Crippen LogP contribution in [0.1, 0.15) is 69.1 Å². The van der Waals surface area contributed by atoms with E-state index in [1.54, 1.807) is 0 Å². The van der Waals surface area contributed by atoms with E-state index >= 15 is 0 Å². The predicted molar refractivity (Wildman–Crippen MR) is 87.8 cm³/mol. The number of hydrogen-bond acceptors (Lipinski definition) is 3. The first-order chi connectivity index (χ1) is 9.21.